The Morgan fingerprint density at radius 3 is 3.15 bits per heavy atom. The molecule has 0 amide bonds. The Bertz CT molecular complexity index is 424. The minimum absolute atomic E-state index is 0.0412. The molecule has 68 valence electrons. The van der Waals surface area contributed by atoms with Gasteiger partial charge in [0.05, 0.1) is 22.7 Å². The van der Waals surface area contributed by atoms with Gasteiger partial charge in [-0.05, 0) is 6.92 Å². The molecule has 1 aromatic rings. The Kier molecular flexibility index (Phi) is 1.95. The van der Waals surface area contributed by atoms with Crippen LogP contribution in [-0.2, 0) is 7.05 Å². The summed E-state index contributed by atoms with van der Waals surface area (Å²) in [5, 5.41) is 3.96. The van der Waals surface area contributed by atoms with Crippen molar-refractivity contribution in [1.29, 1.82) is 0 Å². The zero-order chi connectivity index (χ0) is 9.42. The van der Waals surface area contributed by atoms with Crippen molar-refractivity contribution in [3.63, 3.8) is 0 Å². The van der Waals surface area contributed by atoms with Gasteiger partial charge in [0.15, 0.2) is 0 Å². The lowest BCUT2D eigenvalue weighted by atomic mass is 10.2. The molecule has 0 radical (unpaired) electrons. The van der Waals surface area contributed by atoms with E-state index in [0.29, 0.717) is 0 Å². The van der Waals surface area contributed by atoms with E-state index in [9.17, 15) is 4.79 Å². The van der Waals surface area contributed by atoms with Gasteiger partial charge in [0, 0.05) is 12.6 Å². The number of hydrogen-bond acceptors (Lipinski definition) is 4. The number of thioether (sulfide) groups is 1. The second-order valence-electron chi connectivity index (χ2n) is 2.91. The van der Waals surface area contributed by atoms with Gasteiger partial charge in [-0.25, -0.2) is 4.68 Å². The SMILES string of the molecule is CC1N=CSc2c1cnn(C)c2=O. The van der Waals surface area contributed by atoms with Crippen LogP contribution in [-0.4, -0.2) is 15.3 Å². The molecule has 2 heterocycles. The van der Waals surface area contributed by atoms with Crippen molar-refractivity contribution in [1.82, 2.24) is 9.78 Å². The lowest BCUT2D eigenvalue weighted by molar-refractivity contribution is 0.657. The first kappa shape index (κ1) is 8.50. The number of aryl methyl sites for hydroxylation is 1. The molecular formula is C8H9N3OS. The second kappa shape index (κ2) is 2.99. The molecule has 0 aliphatic carbocycles. The first-order chi connectivity index (χ1) is 6.20. The van der Waals surface area contributed by atoms with Gasteiger partial charge in [-0.3, -0.25) is 9.79 Å². The van der Waals surface area contributed by atoms with E-state index in [1.165, 1.54) is 16.4 Å². The highest BCUT2D eigenvalue weighted by Crippen LogP contribution is 2.28. The van der Waals surface area contributed by atoms with E-state index in [1.54, 1.807) is 18.8 Å². The number of nitrogens with zero attached hydrogens (tertiary/aromatic N) is 3. The lowest BCUT2D eigenvalue weighted by Crippen LogP contribution is -2.23. The third-order valence-corrected chi connectivity index (χ3v) is 2.90. The van der Waals surface area contributed by atoms with Crippen LogP contribution in [0.25, 0.3) is 0 Å². The Morgan fingerprint density at radius 2 is 2.38 bits per heavy atom. The van der Waals surface area contributed by atoms with Crippen molar-refractivity contribution in [3.8, 4) is 0 Å². The Labute approximate surface area is 79.7 Å². The number of hydrogen-bond donors (Lipinski definition) is 0. The molecule has 1 unspecified atom stereocenters. The number of aliphatic imine (C=N–C) groups is 1. The summed E-state index contributed by atoms with van der Waals surface area (Å²) in [4.78, 5) is 16.5. The summed E-state index contributed by atoms with van der Waals surface area (Å²) in [6.45, 7) is 1.95. The minimum Gasteiger partial charge on any atom is -0.278 e. The fourth-order valence-electron chi connectivity index (χ4n) is 1.20. The van der Waals surface area contributed by atoms with Gasteiger partial charge in [-0.1, -0.05) is 11.8 Å². The van der Waals surface area contributed by atoms with Crippen molar-refractivity contribution in [2.45, 2.75) is 17.9 Å². The van der Waals surface area contributed by atoms with Gasteiger partial charge >= 0.3 is 0 Å². The molecule has 4 nitrogen and oxygen atoms in total. The van der Waals surface area contributed by atoms with Gasteiger partial charge in [0.25, 0.3) is 5.56 Å². The molecule has 1 aromatic heterocycles. The predicted molar refractivity (Wildman–Crippen MR) is 52.2 cm³/mol. The van der Waals surface area contributed by atoms with Crippen LogP contribution in [0.3, 0.4) is 0 Å². The van der Waals surface area contributed by atoms with Crippen LogP contribution in [0, 0.1) is 0 Å². The van der Waals surface area contributed by atoms with E-state index in [1.807, 2.05) is 6.92 Å². The average Bonchev–Trinajstić information content (AvgIpc) is 2.12. The normalized spacial score (nSPS) is 20.0. The van der Waals surface area contributed by atoms with Crippen LogP contribution in [0.1, 0.15) is 18.5 Å². The zero-order valence-corrected chi connectivity index (χ0v) is 8.21. The van der Waals surface area contributed by atoms with Gasteiger partial charge in [-0.2, -0.15) is 5.10 Å². The maximum absolute atomic E-state index is 11.6. The van der Waals surface area contributed by atoms with E-state index in [-0.39, 0.29) is 11.6 Å². The molecule has 0 fully saturated rings. The van der Waals surface area contributed by atoms with E-state index >= 15 is 0 Å². The van der Waals surface area contributed by atoms with Crippen LogP contribution < -0.4 is 5.56 Å². The maximum Gasteiger partial charge on any atom is 0.280 e. The number of aromatic nitrogens is 2. The van der Waals surface area contributed by atoms with Gasteiger partial charge in [0.1, 0.15) is 0 Å². The van der Waals surface area contributed by atoms with Crippen LogP contribution >= 0.6 is 11.8 Å². The van der Waals surface area contributed by atoms with Crippen molar-refractivity contribution >= 4 is 17.3 Å². The van der Waals surface area contributed by atoms with Crippen molar-refractivity contribution in [3.05, 3.63) is 22.1 Å². The van der Waals surface area contributed by atoms with Crippen LogP contribution in [0.5, 0.6) is 0 Å². The standard InChI is InChI=1S/C8H9N3OS/c1-5-6-3-10-11(2)8(12)7(6)13-4-9-5/h3-5H,1-2H3. The smallest absolute Gasteiger partial charge is 0.278 e. The van der Waals surface area contributed by atoms with Crippen molar-refractivity contribution < 1.29 is 0 Å². The monoisotopic (exact) mass is 195 g/mol. The molecule has 1 aliphatic heterocycles. The van der Waals surface area contributed by atoms with Gasteiger partial charge < -0.3 is 0 Å². The van der Waals surface area contributed by atoms with E-state index in [0.717, 1.165) is 10.5 Å². The summed E-state index contributed by atoms with van der Waals surface area (Å²) in [6, 6.07) is 0.0534. The highest BCUT2D eigenvalue weighted by molar-refractivity contribution is 8.12. The predicted octanol–water partition coefficient (Wildman–Crippen LogP) is 0.975. The average molecular weight is 195 g/mol. The molecule has 5 heteroatoms. The Morgan fingerprint density at radius 1 is 1.62 bits per heavy atom. The fourth-order valence-corrected chi connectivity index (χ4v) is 2.14. The topological polar surface area (TPSA) is 47.2 Å². The first-order valence-electron chi connectivity index (χ1n) is 3.94. The first-order valence-corrected chi connectivity index (χ1v) is 4.82. The van der Waals surface area contributed by atoms with Crippen LogP contribution in [0.15, 0.2) is 20.9 Å². The molecule has 0 saturated carbocycles. The highest BCUT2D eigenvalue weighted by Gasteiger charge is 2.17. The molecule has 2 rings (SSSR count). The second-order valence-corrected chi connectivity index (χ2v) is 3.76. The third-order valence-electron chi connectivity index (χ3n) is 2.03. The van der Waals surface area contributed by atoms with Crippen LogP contribution in [0.2, 0.25) is 0 Å². The molecule has 13 heavy (non-hydrogen) atoms. The summed E-state index contributed by atoms with van der Waals surface area (Å²) < 4.78 is 1.34. The fraction of sp³-hybridized carbons (Fsp3) is 0.375. The number of rotatable bonds is 0. The summed E-state index contributed by atoms with van der Waals surface area (Å²) >= 11 is 1.37. The number of fused-ring (bicyclic) bond motifs is 1. The van der Waals surface area contributed by atoms with E-state index in [2.05, 4.69) is 10.1 Å². The molecule has 0 N–H and O–H groups in total. The Balaban J connectivity index is 2.68. The molecule has 0 saturated heterocycles. The van der Waals surface area contributed by atoms with E-state index in [4.69, 9.17) is 0 Å². The molecule has 1 atom stereocenters. The zero-order valence-electron chi connectivity index (χ0n) is 7.39. The Hall–Kier alpha value is -1.10. The third kappa shape index (κ3) is 1.29. The summed E-state index contributed by atoms with van der Waals surface area (Å²) in [7, 11) is 1.65. The van der Waals surface area contributed by atoms with Crippen LogP contribution in [0.4, 0.5) is 0 Å². The lowest BCUT2D eigenvalue weighted by Gasteiger charge is -2.14. The molecular weight excluding hydrogens is 186 g/mol. The van der Waals surface area contributed by atoms with Crippen molar-refractivity contribution in [2.75, 3.05) is 0 Å². The minimum atomic E-state index is -0.0412. The molecule has 0 bridgehead atoms. The molecule has 0 spiro atoms. The molecule has 0 aromatic carbocycles. The largest absolute Gasteiger partial charge is 0.280 e. The summed E-state index contributed by atoms with van der Waals surface area (Å²) in [5.74, 6) is 0. The summed E-state index contributed by atoms with van der Waals surface area (Å²) in [5.41, 5.74) is 2.60. The quantitative estimate of drug-likeness (QED) is 0.620. The van der Waals surface area contributed by atoms with Crippen molar-refractivity contribution in [2.24, 2.45) is 12.0 Å². The molecule has 1 aliphatic rings. The maximum atomic E-state index is 11.6. The van der Waals surface area contributed by atoms with Gasteiger partial charge in [-0.15, -0.1) is 0 Å². The van der Waals surface area contributed by atoms with Gasteiger partial charge in [0.2, 0.25) is 0 Å². The van der Waals surface area contributed by atoms with E-state index < -0.39 is 0 Å². The highest BCUT2D eigenvalue weighted by atomic mass is 32.2. The summed E-state index contributed by atoms with van der Waals surface area (Å²) in [6.07, 6.45) is 1.71.